The first kappa shape index (κ1) is 19.2. The zero-order valence-electron chi connectivity index (χ0n) is 16.7. The molecule has 0 spiro atoms. The third-order valence-corrected chi connectivity index (χ3v) is 6.22. The van der Waals surface area contributed by atoms with Crippen molar-refractivity contribution in [3.8, 4) is 0 Å². The molecule has 0 unspecified atom stereocenters. The fourth-order valence-electron chi connectivity index (χ4n) is 4.64. The summed E-state index contributed by atoms with van der Waals surface area (Å²) in [5.41, 5.74) is 1.34. The summed E-state index contributed by atoms with van der Waals surface area (Å²) in [6.07, 6.45) is 11.7. The zero-order chi connectivity index (χ0) is 19.2. The van der Waals surface area contributed by atoms with Gasteiger partial charge >= 0.3 is 0 Å². The van der Waals surface area contributed by atoms with Crippen LogP contribution in [0, 0.1) is 5.92 Å². The normalized spacial score (nSPS) is 21.0. The molecule has 4 rings (SSSR count). The first-order valence-electron chi connectivity index (χ1n) is 11.0. The SMILES string of the molecule is O=C(C1CCCCC1)N1CCCC[C@H]1c1nc(CCCc2ccccc2)no1. The number of rotatable bonds is 6. The lowest BCUT2D eigenvalue weighted by atomic mass is 9.87. The fourth-order valence-corrected chi connectivity index (χ4v) is 4.64. The molecule has 5 heteroatoms. The highest BCUT2D eigenvalue weighted by Crippen LogP contribution is 2.34. The van der Waals surface area contributed by atoms with E-state index in [1.54, 1.807) is 0 Å². The minimum Gasteiger partial charge on any atom is -0.337 e. The zero-order valence-corrected chi connectivity index (χ0v) is 16.7. The Morgan fingerprint density at radius 1 is 1.00 bits per heavy atom. The molecule has 0 N–H and O–H groups in total. The maximum Gasteiger partial charge on any atom is 0.249 e. The van der Waals surface area contributed by atoms with Crippen LogP contribution in [0.1, 0.15) is 81.1 Å². The first-order chi connectivity index (χ1) is 13.8. The van der Waals surface area contributed by atoms with Gasteiger partial charge < -0.3 is 9.42 Å². The molecule has 1 saturated carbocycles. The summed E-state index contributed by atoms with van der Waals surface area (Å²) < 4.78 is 5.62. The Morgan fingerprint density at radius 3 is 2.61 bits per heavy atom. The molecule has 2 aromatic rings. The summed E-state index contributed by atoms with van der Waals surface area (Å²) in [6, 6.07) is 10.5. The van der Waals surface area contributed by atoms with Crippen molar-refractivity contribution in [2.75, 3.05) is 6.54 Å². The molecule has 2 aliphatic rings. The average Bonchev–Trinajstić information content (AvgIpc) is 3.23. The molecular weight excluding hydrogens is 350 g/mol. The lowest BCUT2D eigenvalue weighted by Gasteiger charge is -2.36. The van der Waals surface area contributed by atoms with Crippen LogP contribution in [0.5, 0.6) is 0 Å². The highest BCUT2D eigenvalue weighted by molar-refractivity contribution is 5.79. The maximum atomic E-state index is 13.1. The van der Waals surface area contributed by atoms with E-state index in [1.165, 1.54) is 24.8 Å². The van der Waals surface area contributed by atoms with Crippen molar-refractivity contribution >= 4 is 5.91 Å². The summed E-state index contributed by atoms with van der Waals surface area (Å²) in [5, 5.41) is 4.20. The number of aryl methyl sites for hydroxylation is 2. The summed E-state index contributed by atoms with van der Waals surface area (Å²) >= 11 is 0. The number of carbonyl (C=O) groups excluding carboxylic acids is 1. The van der Waals surface area contributed by atoms with Gasteiger partial charge in [0.15, 0.2) is 5.82 Å². The number of likely N-dealkylation sites (tertiary alicyclic amines) is 1. The Morgan fingerprint density at radius 2 is 1.79 bits per heavy atom. The monoisotopic (exact) mass is 381 g/mol. The molecule has 28 heavy (non-hydrogen) atoms. The van der Waals surface area contributed by atoms with Crippen molar-refractivity contribution in [1.29, 1.82) is 0 Å². The predicted molar refractivity (Wildman–Crippen MR) is 108 cm³/mol. The van der Waals surface area contributed by atoms with E-state index in [4.69, 9.17) is 4.52 Å². The molecule has 1 atom stereocenters. The standard InChI is InChI=1S/C23H31N3O2/c27-23(19-13-5-2-6-14-19)26-17-8-7-15-20(26)22-24-21(25-28-22)16-9-12-18-10-3-1-4-11-18/h1,3-4,10-11,19-20H,2,5-9,12-17H2/t20-/m0/s1. The van der Waals surface area contributed by atoms with E-state index >= 15 is 0 Å². The van der Waals surface area contributed by atoms with Crippen LogP contribution in [0.3, 0.4) is 0 Å². The van der Waals surface area contributed by atoms with Gasteiger partial charge in [-0.1, -0.05) is 54.8 Å². The molecule has 0 bridgehead atoms. The summed E-state index contributed by atoms with van der Waals surface area (Å²) in [4.78, 5) is 19.8. The van der Waals surface area contributed by atoms with Crippen LogP contribution < -0.4 is 0 Å². The number of nitrogens with zero attached hydrogens (tertiary/aromatic N) is 3. The van der Waals surface area contributed by atoms with Gasteiger partial charge in [-0.25, -0.2) is 0 Å². The van der Waals surface area contributed by atoms with Crippen LogP contribution in [0.2, 0.25) is 0 Å². The molecule has 1 aromatic carbocycles. The van der Waals surface area contributed by atoms with E-state index in [2.05, 4.69) is 34.4 Å². The van der Waals surface area contributed by atoms with Gasteiger partial charge in [-0.05, 0) is 50.5 Å². The number of aromatic nitrogens is 2. The second kappa shape index (κ2) is 9.35. The third-order valence-electron chi connectivity index (χ3n) is 6.22. The predicted octanol–water partition coefficient (Wildman–Crippen LogP) is 4.88. The number of amides is 1. The molecule has 0 radical (unpaired) electrons. The second-order valence-corrected chi connectivity index (χ2v) is 8.27. The molecule has 1 aliphatic heterocycles. The summed E-state index contributed by atoms with van der Waals surface area (Å²) in [5.74, 6) is 1.91. The van der Waals surface area contributed by atoms with Crippen LogP contribution in [0.25, 0.3) is 0 Å². The van der Waals surface area contributed by atoms with Crippen molar-refractivity contribution < 1.29 is 9.32 Å². The third kappa shape index (κ3) is 4.62. The number of carbonyl (C=O) groups is 1. The van der Waals surface area contributed by atoms with Gasteiger partial charge in [0.05, 0.1) is 0 Å². The van der Waals surface area contributed by atoms with Crippen LogP contribution in [0.4, 0.5) is 0 Å². The Labute approximate surface area is 167 Å². The fraction of sp³-hybridized carbons (Fsp3) is 0.609. The molecule has 2 fully saturated rings. The Kier molecular flexibility index (Phi) is 6.40. The van der Waals surface area contributed by atoms with Crippen molar-refractivity contribution in [3.63, 3.8) is 0 Å². The smallest absolute Gasteiger partial charge is 0.249 e. The number of hydrogen-bond acceptors (Lipinski definition) is 4. The van der Waals surface area contributed by atoms with Gasteiger partial charge in [-0.2, -0.15) is 4.98 Å². The number of hydrogen-bond donors (Lipinski definition) is 0. The Bertz CT molecular complexity index is 752. The van der Waals surface area contributed by atoms with Crippen molar-refractivity contribution in [2.45, 2.75) is 76.7 Å². The molecule has 1 amide bonds. The molecule has 2 heterocycles. The lowest BCUT2D eigenvalue weighted by Crippen LogP contribution is -2.42. The van der Waals surface area contributed by atoms with E-state index in [9.17, 15) is 4.79 Å². The van der Waals surface area contributed by atoms with E-state index in [-0.39, 0.29) is 12.0 Å². The number of piperidine rings is 1. The lowest BCUT2D eigenvalue weighted by molar-refractivity contribution is -0.141. The van der Waals surface area contributed by atoms with Gasteiger partial charge in [0.2, 0.25) is 11.8 Å². The maximum absolute atomic E-state index is 13.1. The minimum absolute atomic E-state index is 0.0291. The molecule has 1 aromatic heterocycles. The summed E-state index contributed by atoms with van der Waals surface area (Å²) in [6.45, 7) is 0.825. The van der Waals surface area contributed by atoms with E-state index in [1.807, 2.05) is 11.0 Å². The summed E-state index contributed by atoms with van der Waals surface area (Å²) in [7, 11) is 0. The minimum atomic E-state index is -0.0291. The second-order valence-electron chi connectivity index (χ2n) is 8.27. The highest BCUT2D eigenvalue weighted by atomic mass is 16.5. The number of benzene rings is 1. The van der Waals surface area contributed by atoms with Crippen LogP contribution in [0.15, 0.2) is 34.9 Å². The van der Waals surface area contributed by atoms with E-state index in [0.717, 1.165) is 63.7 Å². The van der Waals surface area contributed by atoms with Gasteiger partial charge in [0.25, 0.3) is 0 Å². The quantitative estimate of drug-likeness (QED) is 0.715. The Hall–Kier alpha value is -2.17. The first-order valence-corrected chi connectivity index (χ1v) is 11.0. The Balaban J connectivity index is 1.37. The van der Waals surface area contributed by atoms with Crippen molar-refractivity contribution in [2.24, 2.45) is 5.92 Å². The van der Waals surface area contributed by atoms with E-state index < -0.39 is 0 Å². The molecule has 1 saturated heterocycles. The van der Waals surface area contributed by atoms with Gasteiger partial charge in [-0.15, -0.1) is 0 Å². The van der Waals surface area contributed by atoms with Crippen LogP contribution >= 0.6 is 0 Å². The van der Waals surface area contributed by atoms with Gasteiger partial charge in [-0.3, -0.25) is 4.79 Å². The molecule has 5 nitrogen and oxygen atoms in total. The average molecular weight is 382 g/mol. The van der Waals surface area contributed by atoms with Crippen LogP contribution in [-0.2, 0) is 17.6 Å². The molecule has 150 valence electrons. The highest BCUT2D eigenvalue weighted by Gasteiger charge is 2.35. The topological polar surface area (TPSA) is 59.2 Å². The molecule has 1 aliphatic carbocycles. The largest absolute Gasteiger partial charge is 0.337 e. The van der Waals surface area contributed by atoms with Crippen molar-refractivity contribution in [3.05, 3.63) is 47.6 Å². The van der Waals surface area contributed by atoms with Gasteiger partial charge in [0.1, 0.15) is 6.04 Å². The molecular formula is C23H31N3O2. The van der Waals surface area contributed by atoms with Crippen LogP contribution in [-0.4, -0.2) is 27.5 Å². The van der Waals surface area contributed by atoms with Gasteiger partial charge in [0, 0.05) is 18.9 Å². The van der Waals surface area contributed by atoms with E-state index in [0.29, 0.717) is 11.8 Å². The van der Waals surface area contributed by atoms with Crippen molar-refractivity contribution in [1.82, 2.24) is 15.0 Å².